The molecule has 1 saturated heterocycles. The molecule has 3 N–H and O–H groups in total. The van der Waals surface area contributed by atoms with Crippen LogP contribution < -0.4 is 10.6 Å². The summed E-state index contributed by atoms with van der Waals surface area (Å²) in [7, 11) is 0. The van der Waals surface area contributed by atoms with Gasteiger partial charge in [0.05, 0.1) is 5.69 Å². The third kappa shape index (κ3) is 3.44. The van der Waals surface area contributed by atoms with Crippen LogP contribution in [0.25, 0.3) is 0 Å². The summed E-state index contributed by atoms with van der Waals surface area (Å²) in [5.74, 6) is 0.0127. The fraction of sp³-hybridized carbons (Fsp3) is 0.417. The lowest BCUT2D eigenvalue weighted by Crippen LogP contribution is -2.27. The number of phenols is 1. The Hall–Kier alpha value is -1.07. The van der Waals surface area contributed by atoms with Crippen molar-refractivity contribution in [1.29, 1.82) is 0 Å². The second kappa shape index (κ2) is 5.51. The van der Waals surface area contributed by atoms with Gasteiger partial charge < -0.3 is 15.7 Å². The molecule has 1 aromatic carbocycles. The van der Waals surface area contributed by atoms with Crippen molar-refractivity contribution in [1.82, 2.24) is 5.32 Å². The number of benzene rings is 1. The van der Waals surface area contributed by atoms with E-state index in [9.17, 15) is 9.90 Å². The number of nitrogens with one attached hydrogen (secondary N) is 2. The standard InChI is InChI=1S/C12H15BrN2O2/c13-8-3-4-11(16)10(6-8)15-12(17)7-9-2-1-5-14-9/h3-4,6,9,14,16H,1-2,5,7H2,(H,15,17). The van der Waals surface area contributed by atoms with Gasteiger partial charge in [-0.1, -0.05) is 15.9 Å². The van der Waals surface area contributed by atoms with Crippen molar-refractivity contribution in [2.45, 2.75) is 25.3 Å². The van der Waals surface area contributed by atoms with Crippen LogP contribution in [0.1, 0.15) is 19.3 Å². The number of aromatic hydroxyl groups is 1. The van der Waals surface area contributed by atoms with Gasteiger partial charge in [0.2, 0.25) is 5.91 Å². The molecular weight excluding hydrogens is 284 g/mol. The number of amides is 1. The maximum Gasteiger partial charge on any atom is 0.226 e. The van der Waals surface area contributed by atoms with Gasteiger partial charge in [0.25, 0.3) is 0 Å². The van der Waals surface area contributed by atoms with Crippen molar-refractivity contribution in [3.63, 3.8) is 0 Å². The average molecular weight is 299 g/mol. The minimum Gasteiger partial charge on any atom is -0.506 e. The van der Waals surface area contributed by atoms with E-state index in [1.165, 1.54) is 0 Å². The minimum atomic E-state index is -0.0715. The lowest BCUT2D eigenvalue weighted by Gasteiger charge is -2.11. The molecule has 0 aliphatic carbocycles. The Balaban J connectivity index is 1.95. The van der Waals surface area contributed by atoms with Crippen LogP contribution in [-0.2, 0) is 4.79 Å². The van der Waals surface area contributed by atoms with Crippen LogP contribution >= 0.6 is 15.9 Å². The molecule has 2 rings (SSSR count). The monoisotopic (exact) mass is 298 g/mol. The molecular formula is C12H15BrN2O2. The van der Waals surface area contributed by atoms with Crippen LogP contribution in [0, 0.1) is 0 Å². The zero-order chi connectivity index (χ0) is 12.3. The number of halogens is 1. The van der Waals surface area contributed by atoms with Crippen molar-refractivity contribution in [2.75, 3.05) is 11.9 Å². The van der Waals surface area contributed by atoms with E-state index in [0.717, 1.165) is 23.9 Å². The second-order valence-corrected chi connectivity index (χ2v) is 5.12. The van der Waals surface area contributed by atoms with E-state index >= 15 is 0 Å². The third-order valence-corrected chi connectivity index (χ3v) is 3.32. The lowest BCUT2D eigenvalue weighted by atomic mass is 10.1. The molecule has 4 nitrogen and oxygen atoms in total. The molecule has 1 heterocycles. The molecule has 0 spiro atoms. The van der Waals surface area contributed by atoms with E-state index in [-0.39, 0.29) is 17.7 Å². The fourth-order valence-corrected chi connectivity index (χ4v) is 2.33. The largest absolute Gasteiger partial charge is 0.506 e. The molecule has 1 atom stereocenters. The second-order valence-electron chi connectivity index (χ2n) is 4.21. The molecule has 1 aliphatic rings. The summed E-state index contributed by atoms with van der Waals surface area (Å²) in [6.07, 6.45) is 2.62. The van der Waals surface area contributed by atoms with Crippen LogP contribution in [0.3, 0.4) is 0 Å². The summed E-state index contributed by atoms with van der Waals surface area (Å²) in [6, 6.07) is 5.23. The maximum absolute atomic E-state index is 11.8. The Labute approximate surface area is 109 Å². The number of phenolic OH excluding ortho intramolecular Hbond substituents is 1. The summed E-state index contributed by atoms with van der Waals surface area (Å²) in [4.78, 5) is 11.8. The third-order valence-electron chi connectivity index (χ3n) is 2.83. The first-order valence-corrected chi connectivity index (χ1v) is 6.46. The molecule has 0 radical (unpaired) electrons. The summed E-state index contributed by atoms with van der Waals surface area (Å²) >= 11 is 3.30. The zero-order valence-electron chi connectivity index (χ0n) is 9.37. The summed E-state index contributed by atoms with van der Waals surface area (Å²) < 4.78 is 0.824. The Bertz CT molecular complexity index is 417. The highest BCUT2D eigenvalue weighted by molar-refractivity contribution is 9.10. The predicted molar refractivity (Wildman–Crippen MR) is 70.1 cm³/mol. The van der Waals surface area contributed by atoms with Crippen molar-refractivity contribution >= 4 is 27.5 Å². The van der Waals surface area contributed by atoms with Crippen molar-refractivity contribution in [3.8, 4) is 5.75 Å². The normalized spacial score (nSPS) is 19.2. The molecule has 5 heteroatoms. The topological polar surface area (TPSA) is 61.4 Å². The molecule has 0 saturated carbocycles. The van der Waals surface area contributed by atoms with Gasteiger partial charge in [0.1, 0.15) is 5.75 Å². The van der Waals surface area contributed by atoms with Gasteiger partial charge in [-0.05, 0) is 37.6 Å². The smallest absolute Gasteiger partial charge is 0.226 e. The van der Waals surface area contributed by atoms with Crippen LogP contribution in [-0.4, -0.2) is 23.6 Å². The van der Waals surface area contributed by atoms with Gasteiger partial charge in [-0.25, -0.2) is 0 Å². The first kappa shape index (κ1) is 12.4. The van der Waals surface area contributed by atoms with E-state index in [1.807, 2.05) is 0 Å². The number of hydrogen-bond acceptors (Lipinski definition) is 3. The molecule has 0 bridgehead atoms. The number of anilines is 1. The number of hydrogen-bond donors (Lipinski definition) is 3. The molecule has 17 heavy (non-hydrogen) atoms. The minimum absolute atomic E-state index is 0.0715. The highest BCUT2D eigenvalue weighted by Gasteiger charge is 2.18. The highest BCUT2D eigenvalue weighted by Crippen LogP contribution is 2.27. The first-order valence-electron chi connectivity index (χ1n) is 5.67. The fourth-order valence-electron chi connectivity index (χ4n) is 1.96. The molecule has 0 aromatic heterocycles. The van der Waals surface area contributed by atoms with E-state index in [0.29, 0.717) is 12.1 Å². The molecule has 92 valence electrons. The predicted octanol–water partition coefficient (Wildman–Crippen LogP) is 2.24. The Kier molecular flexibility index (Phi) is 4.02. The van der Waals surface area contributed by atoms with E-state index in [2.05, 4.69) is 26.6 Å². The average Bonchev–Trinajstić information content (AvgIpc) is 2.76. The van der Waals surface area contributed by atoms with Gasteiger partial charge in [-0.2, -0.15) is 0 Å². The van der Waals surface area contributed by atoms with Crippen LogP contribution in [0.2, 0.25) is 0 Å². The molecule has 1 aromatic rings. The molecule has 1 unspecified atom stereocenters. The highest BCUT2D eigenvalue weighted by atomic mass is 79.9. The Morgan fingerprint density at radius 1 is 1.59 bits per heavy atom. The zero-order valence-corrected chi connectivity index (χ0v) is 11.0. The van der Waals surface area contributed by atoms with Crippen molar-refractivity contribution in [2.24, 2.45) is 0 Å². The van der Waals surface area contributed by atoms with Gasteiger partial charge >= 0.3 is 0 Å². The van der Waals surface area contributed by atoms with Crippen LogP contribution in [0.5, 0.6) is 5.75 Å². The first-order chi connectivity index (χ1) is 8.15. The Morgan fingerprint density at radius 3 is 3.12 bits per heavy atom. The van der Waals surface area contributed by atoms with E-state index in [4.69, 9.17) is 0 Å². The van der Waals surface area contributed by atoms with Gasteiger partial charge in [0, 0.05) is 16.9 Å². The Morgan fingerprint density at radius 2 is 2.41 bits per heavy atom. The number of rotatable bonds is 3. The maximum atomic E-state index is 11.8. The quantitative estimate of drug-likeness (QED) is 0.750. The van der Waals surface area contributed by atoms with Crippen LogP contribution in [0.4, 0.5) is 5.69 Å². The van der Waals surface area contributed by atoms with E-state index < -0.39 is 0 Å². The summed E-state index contributed by atoms with van der Waals surface area (Å²) in [6.45, 7) is 0.986. The van der Waals surface area contributed by atoms with Gasteiger partial charge in [-0.15, -0.1) is 0 Å². The molecule has 1 amide bonds. The SMILES string of the molecule is O=C(CC1CCCN1)Nc1cc(Br)ccc1O. The van der Waals surface area contributed by atoms with Crippen LogP contribution in [0.15, 0.2) is 22.7 Å². The lowest BCUT2D eigenvalue weighted by molar-refractivity contribution is -0.116. The van der Waals surface area contributed by atoms with Gasteiger partial charge in [0.15, 0.2) is 0 Å². The van der Waals surface area contributed by atoms with Gasteiger partial charge in [-0.3, -0.25) is 4.79 Å². The van der Waals surface area contributed by atoms with E-state index in [1.54, 1.807) is 18.2 Å². The molecule has 1 aliphatic heterocycles. The molecule has 1 fully saturated rings. The van der Waals surface area contributed by atoms with Crippen molar-refractivity contribution in [3.05, 3.63) is 22.7 Å². The number of carbonyl (C=O) groups excluding carboxylic acids is 1. The summed E-state index contributed by atoms with van der Waals surface area (Å²) in [5, 5.41) is 15.6. The van der Waals surface area contributed by atoms with Crippen molar-refractivity contribution < 1.29 is 9.90 Å². The number of carbonyl (C=O) groups is 1. The summed E-state index contributed by atoms with van der Waals surface area (Å²) in [5.41, 5.74) is 0.447.